The fraction of sp³-hybridized carbons (Fsp3) is 0.316. The Labute approximate surface area is 127 Å². The highest BCUT2D eigenvalue weighted by molar-refractivity contribution is 5.61. The van der Waals surface area contributed by atoms with Crippen LogP contribution in [0.2, 0.25) is 0 Å². The number of rotatable bonds is 5. The zero-order valence-electron chi connectivity index (χ0n) is 13.0. The fourth-order valence-electron chi connectivity index (χ4n) is 2.51. The fourth-order valence-corrected chi connectivity index (χ4v) is 2.51. The topological polar surface area (TPSA) is 35.8 Å². The Bertz CT molecular complexity index is 636. The molecule has 0 aliphatic heterocycles. The lowest BCUT2D eigenvalue weighted by atomic mass is 10.0. The second-order valence-corrected chi connectivity index (χ2v) is 5.47. The normalized spacial score (nSPS) is 11.7. The van der Waals surface area contributed by atoms with Crippen LogP contribution in [0.5, 0.6) is 0 Å². The van der Waals surface area contributed by atoms with Crippen LogP contribution in [0.25, 0.3) is 0 Å². The van der Waals surface area contributed by atoms with Crippen molar-refractivity contribution in [3.05, 3.63) is 64.7 Å². The maximum atomic E-state index is 9.29. The third-order valence-corrected chi connectivity index (χ3v) is 3.77. The molecule has 0 aromatic heterocycles. The minimum Gasteiger partial charge on any atom is -0.377 e. The van der Waals surface area contributed by atoms with Gasteiger partial charge in [0.1, 0.15) is 6.07 Å². The molecule has 0 spiro atoms. The van der Waals surface area contributed by atoms with Crippen LogP contribution in [0.1, 0.15) is 48.6 Å². The molecular formula is C19H22N2. The van der Waals surface area contributed by atoms with E-state index < -0.39 is 0 Å². The highest BCUT2D eigenvalue weighted by Gasteiger charge is 2.09. The maximum Gasteiger partial charge on any atom is 0.102 e. The molecule has 1 N–H and O–H groups in total. The van der Waals surface area contributed by atoms with Crippen molar-refractivity contribution in [2.45, 2.75) is 39.7 Å². The maximum absolute atomic E-state index is 9.29. The van der Waals surface area contributed by atoms with Gasteiger partial charge in [0.05, 0.1) is 11.3 Å². The molecule has 2 rings (SSSR count). The number of nitrogens with one attached hydrogen (secondary N) is 1. The number of anilines is 1. The summed E-state index contributed by atoms with van der Waals surface area (Å²) >= 11 is 0. The SMILES string of the molecule is CCCc1ccc(C(C)Nc2cccc(C)c2C#N)cc1. The quantitative estimate of drug-likeness (QED) is 0.836. The molecular weight excluding hydrogens is 256 g/mol. The molecule has 1 unspecified atom stereocenters. The van der Waals surface area contributed by atoms with Crippen LogP contribution in [-0.2, 0) is 6.42 Å². The largest absolute Gasteiger partial charge is 0.377 e. The number of benzene rings is 2. The number of nitriles is 1. The second kappa shape index (κ2) is 6.95. The van der Waals surface area contributed by atoms with Gasteiger partial charge in [0, 0.05) is 6.04 Å². The van der Waals surface area contributed by atoms with Crippen LogP contribution in [0.15, 0.2) is 42.5 Å². The molecule has 1 atom stereocenters. The van der Waals surface area contributed by atoms with E-state index in [1.165, 1.54) is 17.5 Å². The zero-order valence-corrected chi connectivity index (χ0v) is 13.0. The molecule has 0 aliphatic rings. The van der Waals surface area contributed by atoms with Crippen molar-refractivity contribution in [3.63, 3.8) is 0 Å². The number of hydrogen-bond acceptors (Lipinski definition) is 2. The summed E-state index contributed by atoms with van der Waals surface area (Å²) in [6.07, 6.45) is 2.29. The predicted octanol–water partition coefficient (Wildman–Crippen LogP) is 4.99. The molecule has 0 saturated heterocycles. The van der Waals surface area contributed by atoms with Crippen LogP contribution < -0.4 is 5.32 Å². The average molecular weight is 278 g/mol. The van der Waals surface area contributed by atoms with E-state index in [4.69, 9.17) is 0 Å². The minimum atomic E-state index is 0.176. The molecule has 0 radical (unpaired) electrons. The molecule has 0 saturated carbocycles. The van der Waals surface area contributed by atoms with Gasteiger partial charge >= 0.3 is 0 Å². The first-order valence-electron chi connectivity index (χ1n) is 7.50. The Morgan fingerprint density at radius 1 is 1.14 bits per heavy atom. The van der Waals surface area contributed by atoms with E-state index in [0.717, 1.165) is 23.2 Å². The zero-order chi connectivity index (χ0) is 15.2. The van der Waals surface area contributed by atoms with Crippen LogP contribution in [0.4, 0.5) is 5.69 Å². The number of aryl methyl sites for hydroxylation is 2. The van der Waals surface area contributed by atoms with E-state index in [-0.39, 0.29) is 6.04 Å². The molecule has 2 heteroatoms. The number of hydrogen-bond donors (Lipinski definition) is 1. The van der Waals surface area contributed by atoms with Gasteiger partial charge in [-0.25, -0.2) is 0 Å². The van der Waals surface area contributed by atoms with Crippen molar-refractivity contribution in [2.24, 2.45) is 0 Å². The van der Waals surface area contributed by atoms with Crippen molar-refractivity contribution < 1.29 is 0 Å². The lowest BCUT2D eigenvalue weighted by Gasteiger charge is -2.18. The smallest absolute Gasteiger partial charge is 0.102 e. The van der Waals surface area contributed by atoms with Crippen molar-refractivity contribution >= 4 is 5.69 Å². The van der Waals surface area contributed by atoms with Gasteiger partial charge in [-0.1, -0.05) is 49.7 Å². The molecule has 0 aliphatic carbocycles. The minimum absolute atomic E-state index is 0.176. The molecule has 0 heterocycles. The van der Waals surface area contributed by atoms with Crippen LogP contribution >= 0.6 is 0 Å². The lowest BCUT2D eigenvalue weighted by Crippen LogP contribution is -2.08. The first-order valence-corrected chi connectivity index (χ1v) is 7.50. The summed E-state index contributed by atoms with van der Waals surface area (Å²) in [4.78, 5) is 0. The van der Waals surface area contributed by atoms with Crippen LogP contribution in [0.3, 0.4) is 0 Å². The van der Waals surface area contributed by atoms with Crippen LogP contribution in [0, 0.1) is 18.3 Å². The van der Waals surface area contributed by atoms with Crippen molar-refractivity contribution in [1.82, 2.24) is 0 Å². The third kappa shape index (κ3) is 3.64. The van der Waals surface area contributed by atoms with E-state index in [1.54, 1.807) is 0 Å². The van der Waals surface area contributed by atoms with Crippen molar-refractivity contribution in [3.8, 4) is 6.07 Å². The summed E-state index contributed by atoms with van der Waals surface area (Å²) in [6, 6.07) is 17.1. The van der Waals surface area contributed by atoms with E-state index in [0.29, 0.717) is 0 Å². The molecule has 108 valence electrons. The Kier molecular flexibility index (Phi) is 5.00. The predicted molar refractivity (Wildman–Crippen MR) is 88.4 cm³/mol. The number of nitrogens with zero attached hydrogens (tertiary/aromatic N) is 1. The summed E-state index contributed by atoms with van der Waals surface area (Å²) in [6.45, 7) is 6.28. The monoisotopic (exact) mass is 278 g/mol. The van der Waals surface area contributed by atoms with E-state index in [2.05, 4.69) is 49.5 Å². The first-order chi connectivity index (χ1) is 10.2. The van der Waals surface area contributed by atoms with Gasteiger partial charge in [0.25, 0.3) is 0 Å². The highest BCUT2D eigenvalue weighted by Crippen LogP contribution is 2.24. The Morgan fingerprint density at radius 3 is 2.48 bits per heavy atom. The van der Waals surface area contributed by atoms with Gasteiger partial charge in [-0.3, -0.25) is 0 Å². The van der Waals surface area contributed by atoms with Gasteiger partial charge in [-0.05, 0) is 43.0 Å². The summed E-state index contributed by atoms with van der Waals surface area (Å²) in [7, 11) is 0. The summed E-state index contributed by atoms with van der Waals surface area (Å²) in [5.74, 6) is 0. The second-order valence-electron chi connectivity index (χ2n) is 5.47. The van der Waals surface area contributed by atoms with Gasteiger partial charge < -0.3 is 5.32 Å². The van der Waals surface area contributed by atoms with Gasteiger partial charge in [0.2, 0.25) is 0 Å². The molecule has 2 nitrogen and oxygen atoms in total. The Hall–Kier alpha value is -2.27. The summed E-state index contributed by atoms with van der Waals surface area (Å²) in [5.41, 5.74) is 5.25. The standard InChI is InChI=1S/C19H22N2/c1-4-6-16-9-11-17(12-10-16)15(3)21-19-8-5-7-14(2)18(19)13-20/h5,7-12,15,21H,4,6H2,1-3H3. The summed E-state index contributed by atoms with van der Waals surface area (Å²) < 4.78 is 0. The molecule has 21 heavy (non-hydrogen) atoms. The van der Waals surface area contributed by atoms with E-state index in [1.807, 2.05) is 25.1 Å². The molecule has 2 aromatic rings. The molecule has 0 bridgehead atoms. The molecule has 0 amide bonds. The van der Waals surface area contributed by atoms with Gasteiger partial charge in [-0.2, -0.15) is 5.26 Å². The summed E-state index contributed by atoms with van der Waals surface area (Å²) in [5, 5.41) is 12.7. The molecule has 0 fully saturated rings. The highest BCUT2D eigenvalue weighted by atomic mass is 14.9. The van der Waals surface area contributed by atoms with E-state index >= 15 is 0 Å². The van der Waals surface area contributed by atoms with Gasteiger partial charge in [-0.15, -0.1) is 0 Å². The van der Waals surface area contributed by atoms with Crippen LogP contribution in [-0.4, -0.2) is 0 Å². The first kappa shape index (κ1) is 15.1. The van der Waals surface area contributed by atoms with Gasteiger partial charge in [0.15, 0.2) is 0 Å². The lowest BCUT2D eigenvalue weighted by molar-refractivity contribution is 0.875. The Balaban J connectivity index is 2.16. The Morgan fingerprint density at radius 2 is 1.86 bits per heavy atom. The van der Waals surface area contributed by atoms with E-state index in [9.17, 15) is 5.26 Å². The average Bonchev–Trinajstić information content (AvgIpc) is 2.48. The van der Waals surface area contributed by atoms with Crippen molar-refractivity contribution in [2.75, 3.05) is 5.32 Å². The third-order valence-electron chi connectivity index (χ3n) is 3.77. The molecule has 2 aromatic carbocycles. The van der Waals surface area contributed by atoms with Crippen molar-refractivity contribution in [1.29, 1.82) is 5.26 Å².